The van der Waals surface area contributed by atoms with Crippen LogP contribution in [-0.2, 0) is 16.1 Å². The summed E-state index contributed by atoms with van der Waals surface area (Å²) in [5, 5.41) is -0.346. The Balaban J connectivity index is 1.75. The molecule has 3 amide bonds. The summed E-state index contributed by atoms with van der Waals surface area (Å²) < 4.78 is 0. The van der Waals surface area contributed by atoms with Crippen molar-refractivity contribution >= 4 is 40.1 Å². The van der Waals surface area contributed by atoms with Crippen LogP contribution in [0.25, 0.3) is 5.57 Å². The molecule has 2 aliphatic heterocycles. The molecule has 26 heavy (non-hydrogen) atoms. The Labute approximate surface area is 155 Å². The van der Waals surface area contributed by atoms with E-state index in [1.54, 1.807) is 4.90 Å². The lowest BCUT2D eigenvalue weighted by Crippen LogP contribution is -2.29. The van der Waals surface area contributed by atoms with Crippen LogP contribution in [0.5, 0.6) is 0 Å². The molecule has 0 spiro atoms. The first-order chi connectivity index (χ1) is 12.6. The number of imide groups is 1. The minimum Gasteiger partial charge on any atom is -0.308 e. The Morgan fingerprint density at radius 3 is 2.27 bits per heavy atom. The molecule has 2 aromatic rings. The number of para-hydroxylation sites is 1. The van der Waals surface area contributed by atoms with E-state index in [0.29, 0.717) is 17.7 Å². The molecule has 0 aromatic heterocycles. The lowest BCUT2D eigenvalue weighted by Gasteiger charge is -2.13. The molecule has 4 rings (SSSR count). The van der Waals surface area contributed by atoms with Crippen molar-refractivity contribution in [3.8, 4) is 0 Å². The van der Waals surface area contributed by atoms with Crippen molar-refractivity contribution in [2.45, 2.75) is 13.5 Å². The quantitative estimate of drug-likeness (QED) is 0.780. The predicted octanol–water partition coefficient (Wildman–Crippen LogP) is 3.66. The predicted molar refractivity (Wildman–Crippen MR) is 101 cm³/mol. The van der Waals surface area contributed by atoms with Gasteiger partial charge < -0.3 is 4.90 Å². The van der Waals surface area contributed by atoms with Crippen molar-refractivity contribution in [2.75, 3.05) is 11.4 Å². The molecular formula is C20H16N2O3S. The summed E-state index contributed by atoms with van der Waals surface area (Å²) in [6.07, 6.45) is 0. The summed E-state index contributed by atoms with van der Waals surface area (Å²) in [5.74, 6) is -0.626. The number of benzene rings is 2. The van der Waals surface area contributed by atoms with Crippen molar-refractivity contribution in [2.24, 2.45) is 0 Å². The van der Waals surface area contributed by atoms with Gasteiger partial charge >= 0.3 is 0 Å². The molecule has 2 heterocycles. The average molecular weight is 364 g/mol. The summed E-state index contributed by atoms with van der Waals surface area (Å²) in [6, 6.07) is 16.7. The number of carbonyl (C=O) groups is 3. The second-order valence-corrected chi connectivity index (χ2v) is 6.98. The van der Waals surface area contributed by atoms with Gasteiger partial charge in [-0.1, -0.05) is 48.5 Å². The van der Waals surface area contributed by atoms with Crippen LogP contribution in [0.1, 0.15) is 18.1 Å². The second kappa shape index (κ2) is 6.46. The molecule has 0 radical (unpaired) electrons. The number of hydrogen-bond donors (Lipinski definition) is 0. The molecule has 130 valence electrons. The summed E-state index contributed by atoms with van der Waals surface area (Å²) >= 11 is 0.848. The number of rotatable bonds is 3. The fourth-order valence-electron chi connectivity index (χ4n) is 3.27. The van der Waals surface area contributed by atoms with Crippen molar-refractivity contribution in [1.82, 2.24) is 4.90 Å². The fourth-order valence-corrected chi connectivity index (χ4v) is 4.19. The Bertz CT molecular complexity index is 953. The van der Waals surface area contributed by atoms with Crippen LogP contribution in [0.3, 0.4) is 0 Å². The first kappa shape index (κ1) is 16.6. The van der Waals surface area contributed by atoms with Gasteiger partial charge in [0.05, 0.1) is 22.7 Å². The van der Waals surface area contributed by atoms with Gasteiger partial charge in [0, 0.05) is 12.1 Å². The lowest BCUT2D eigenvalue weighted by molar-refractivity contribution is -0.123. The number of fused-ring (bicyclic) bond motifs is 1. The SMILES string of the molecule is CCN1C(=O)/C(=C2/SC(=O)N(Cc3ccccc3)C2=O)c2ccccc21. The highest BCUT2D eigenvalue weighted by atomic mass is 32.2. The van der Waals surface area contributed by atoms with Gasteiger partial charge in [-0.05, 0) is 30.3 Å². The number of hydrogen-bond acceptors (Lipinski definition) is 4. The molecule has 0 bridgehead atoms. The van der Waals surface area contributed by atoms with E-state index in [1.807, 2.05) is 61.5 Å². The van der Waals surface area contributed by atoms with E-state index in [-0.39, 0.29) is 22.6 Å². The molecule has 0 N–H and O–H groups in total. The Morgan fingerprint density at radius 1 is 0.846 bits per heavy atom. The molecule has 0 aliphatic carbocycles. The summed E-state index contributed by atoms with van der Waals surface area (Å²) in [4.78, 5) is 41.3. The Hall–Kier alpha value is -2.86. The van der Waals surface area contributed by atoms with E-state index in [2.05, 4.69) is 0 Å². The van der Waals surface area contributed by atoms with Crippen LogP contribution in [0.2, 0.25) is 0 Å². The third kappa shape index (κ3) is 2.54. The maximum Gasteiger partial charge on any atom is 0.293 e. The van der Waals surface area contributed by atoms with E-state index < -0.39 is 5.91 Å². The van der Waals surface area contributed by atoms with Gasteiger partial charge in [0.25, 0.3) is 17.1 Å². The molecular weight excluding hydrogens is 348 g/mol. The number of carbonyl (C=O) groups excluding carboxylic acids is 3. The van der Waals surface area contributed by atoms with E-state index >= 15 is 0 Å². The van der Waals surface area contributed by atoms with E-state index in [9.17, 15) is 14.4 Å². The minimum atomic E-state index is -0.403. The van der Waals surface area contributed by atoms with Gasteiger partial charge in [0.1, 0.15) is 0 Å². The number of likely N-dealkylation sites (N-methyl/N-ethyl adjacent to an activating group) is 1. The largest absolute Gasteiger partial charge is 0.308 e. The molecule has 2 aliphatic rings. The van der Waals surface area contributed by atoms with E-state index in [1.165, 1.54) is 4.90 Å². The average Bonchev–Trinajstić information content (AvgIpc) is 3.09. The van der Waals surface area contributed by atoms with Gasteiger partial charge in [0.15, 0.2) is 0 Å². The van der Waals surface area contributed by atoms with E-state index in [0.717, 1.165) is 23.0 Å². The van der Waals surface area contributed by atoms with Crippen LogP contribution in [-0.4, -0.2) is 28.5 Å². The minimum absolute atomic E-state index is 0.204. The molecule has 0 unspecified atom stereocenters. The zero-order valence-corrected chi connectivity index (χ0v) is 15.0. The third-order valence-electron chi connectivity index (χ3n) is 4.50. The van der Waals surface area contributed by atoms with E-state index in [4.69, 9.17) is 0 Å². The maximum absolute atomic E-state index is 12.9. The fraction of sp³-hybridized carbons (Fsp3) is 0.150. The number of amides is 3. The topological polar surface area (TPSA) is 57.7 Å². The maximum atomic E-state index is 12.9. The first-order valence-corrected chi connectivity index (χ1v) is 9.16. The van der Waals surface area contributed by atoms with Crippen molar-refractivity contribution in [3.63, 3.8) is 0 Å². The van der Waals surface area contributed by atoms with Gasteiger partial charge in [-0.2, -0.15) is 0 Å². The second-order valence-electron chi connectivity index (χ2n) is 6.02. The smallest absolute Gasteiger partial charge is 0.293 e. The normalized spacial score (nSPS) is 19.5. The molecule has 0 saturated carbocycles. The summed E-state index contributed by atoms with van der Waals surface area (Å²) in [7, 11) is 0. The van der Waals surface area contributed by atoms with Crippen LogP contribution in [0, 0.1) is 0 Å². The molecule has 2 aromatic carbocycles. The Morgan fingerprint density at radius 2 is 1.54 bits per heavy atom. The van der Waals surface area contributed by atoms with Crippen LogP contribution in [0.15, 0.2) is 59.5 Å². The zero-order valence-electron chi connectivity index (χ0n) is 14.1. The number of nitrogens with zero attached hydrogens (tertiary/aromatic N) is 2. The van der Waals surface area contributed by atoms with Crippen molar-refractivity contribution in [3.05, 3.63) is 70.6 Å². The molecule has 5 nitrogen and oxygen atoms in total. The Kier molecular flexibility index (Phi) is 4.12. The van der Waals surface area contributed by atoms with Gasteiger partial charge in [-0.25, -0.2) is 0 Å². The van der Waals surface area contributed by atoms with Gasteiger partial charge in [-0.3, -0.25) is 19.3 Å². The number of thioether (sulfide) groups is 1. The first-order valence-electron chi connectivity index (χ1n) is 8.35. The number of anilines is 1. The lowest BCUT2D eigenvalue weighted by atomic mass is 10.1. The van der Waals surface area contributed by atoms with Gasteiger partial charge in [-0.15, -0.1) is 0 Å². The van der Waals surface area contributed by atoms with Crippen LogP contribution in [0.4, 0.5) is 10.5 Å². The zero-order chi connectivity index (χ0) is 18.3. The molecule has 6 heteroatoms. The summed E-state index contributed by atoms with van der Waals surface area (Å²) in [6.45, 7) is 2.60. The van der Waals surface area contributed by atoms with Crippen LogP contribution >= 0.6 is 11.8 Å². The van der Waals surface area contributed by atoms with Gasteiger partial charge in [0.2, 0.25) is 0 Å². The molecule has 0 atom stereocenters. The molecule has 1 saturated heterocycles. The highest BCUT2D eigenvalue weighted by Crippen LogP contribution is 2.44. The third-order valence-corrected chi connectivity index (χ3v) is 5.48. The standard InChI is InChI=1S/C20H16N2O3S/c1-2-21-15-11-7-6-10-14(15)16(18(21)23)17-19(24)22(20(25)26-17)12-13-8-4-3-5-9-13/h3-11H,2,12H2,1H3/b17-16+. The molecule has 1 fully saturated rings. The van der Waals surface area contributed by atoms with Crippen molar-refractivity contribution in [1.29, 1.82) is 0 Å². The monoisotopic (exact) mass is 364 g/mol. The van der Waals surface area contributed by atoms with Crippen LogP contribution < -0.4 is 4.90 Å². The summed E-state index contributed by atoms with van der Waals surface area (Å²) in [5.41, 5.74) is 2.70. The highest BCUT2D eigenvalue weighted by molar-refractivity contribution is 8.18. The van der Waals surface area contributed by atoms with Crippen molar-refractivity contribution < 1.29 is 14.4 Å². The highest BCUT2D eigenvalue weighted by Gasteiger charge is 2.42.